The van der Waals surface area contributed by atoms with Gasteiger partial charge in [-0.3, -0.25) is 4.90 Å². The Morgan fingerprint density at radius 3 is 2.37 bits per heavy atom. The van der Waals surface area contributed by atoms with Crippen LogP contribution in [-0.2, 0) is 16.6 Å². The van der Waals surface area contributed by atoms with Crippen molar-refractivity contribution in [3.05, 3.63) is 70.9 Å². The molecule has 0 bridgehead atoms. The largest absolute Gasteiger partial charge is 0.359 e. The van der Waals surface area contributed by atoms with Crippen LogP contribution in [0.25, 0.3) is 11.3 Å². The second-order valence-electron chi connectivity index (χ2n) is 6.94. The number of sulfonamides is 1. The van der Waals surface area contributed by atoms with Crippen molar-refractivity contribution in [1.29, 1.82) is 0 Å². The van der Waals surface area contributed by atoms with Gasteiger partial charge in [-0.15, -0.1) is 0 Å². The van der Waals surface area contributed by atoms with Gasteiger partial charge in [-0.05, 0) is 24.3 Å². The lowest BCUT2D eigenvalue weighted by atomic mass is 10.1. The fourth-order valence-corrected chi connectivity index (χ4v) is 4.91. The molecule has 4 rings (SSSR count). The summed E-state index contributed by atoms with van der Waals surface area (Å²) in [6, 6.07) is 11.5. The van der Waals surface area contributed by atoms with Crippen molar-refractivity contribution in [1.82, 2.24) is 14.4 Å². The molecule has 1 aliphatic rings. The van der Waals surface area contributed by atoms with E-state index >= 15 is 0 Å². The highest BCUT2D eigenvalue weighted by atomic mass is 35.5. The first-order chi connectivity index (χ1) is 14.3. The Kier molecular flexibility index (Phi) is 5.88. The van der Waals surface area contributed by atoms with Crippen LogP contribution in [0.4, 0.5) is 8.78 Å². The van der Waals surface area contributed by atoms with Crippen LogP contribution in [0, 0.1) is 11.6 Å². The fourth-order valence-electron chi connectivity index (χ4n) is 3.32. The number of hydrogen-bond acceptors (Lipinski definition) is 5. The standard InChI is InChI=1S/C20H18ClF2N3O3S/c21-15-3-1-14(2-4-15)19-12-17(29-24-19)13-25-7-9-26(10-8-25)30(27,28)20-6-5-16(22)11-18(20)23/h1-6,11-12H,7-10,13H2. The van der Waals surface area contributed by atoms with E-state index < -0.39 is 26.6 Å². The SMILES string of the molecule is O=S(=O)(c1ccc(F)cc1F)N1CCN(Cc2cc(-c3ccc(Cl)cc3)no2)CC1. The minimum absolute atomic E-state index is 0.192. The molecule has 1 aromatic heterocycles. The summed E-state index contributed by atoms with van der Waals surface area (Å²) in [5.41, 5.74) is 1.57. The van der Waals surface area contributed by atoms with Gasteiger partial charge in [0.15, 0.2) is 5.76 Å². The van der Waals surface area contributed by atoms with Crippen LogP contribution < -0.4 is 0 Å². The van der Waals surface area contributed by atoms with Crippen molar-refractivity contribution in [3.63, 3.8) is 0 Å². The molecule has 2 heterocycles. The lowest BCUT2D eigenvalue weighted by molar-refractivity contribution is 0.166. The van der Waals surface area contributed by atoms with E-state index in [1.165, 1.54) is 4.31 Å². The van der Waals surface area contributed by atoms with Gasteiger partial charge in [0, 0.05) is 48.9 Å². The van der Waals surface area contributed by atoms with E-state index in [1.807, 2.05) is 23.1 Å². The van der Waals surface area contributed by atoms with Gasteiger partial charge in [0.2, 0.25) is 10.0 Å². The molecule has 10 heteroatoms. The zero-order valence-corrected chi connectivity index (χ0v) is 17.3. The summed E-state index contributed by atoms with van der Waals surface area (Å²) in [6.45, 7) is 1.74. The molecule has 0 N–H and O–H groups in total. The number of aromatic nitrogens is 1. The maximum atomic E-state index is 13.9. The molecular formula is C20H18ClF2N3O3S. The number of piperazine rings is 1. The molecule has 30 heavy (non-hydrogen) atoms. The van der Waals surface area contributed by atoms with Crippen molar-refractivity contribution < 1.29 is 21.7 Å². The average Bonchev–Trinajstić information content (AvgIpc) is 3.17. The van der Waals surface area contributed by atoms with E-state index in [2.05, 4.69) is 5.16 Å². The van der Waals surface area contributed by atoms with Gasteiger partial charge in [-0.25, -0.2) is 17.2 Å². The molecule has 0 atom stereocenters. The lowest BCUT2D eigenvalue weighted by Gasteiger charge is -2.33. The molecule has 0 radical (unpaired) electrons. The lowest BCUT2D eigenvalue weighted by Crippen LogP contribution is -2.48. The van der Waals surface area contributed by atoms with E-state index in [0.717, 1.165) is 17.7 Å². The summed E-state index contributed by atoms with van der Waals surface area (Å²) in [5, 5.41) is 4.70. The van der Waals surface area contributed by atoms with Gasteiger partial charge in [-0.1, -0.05) is 28.9 Å². The van der Waals surface area contributed by atoms with Gasteiger partial charge < -0.3 is 4.52 Å². The van der Waals surface area contributed by atoms with Gasteiger partial charge in [0.05, 0.1) is 6.54 Å². The van der Waals surface area contributed by atoms with Gasteiger partial charge in [-0.2, -0.15) is 4.31 Å². The molecule has 1 saturated heterocycles. The Bertz CT molecular complexity index is 1140. The summed E-state index contributed by atoms with van der Waals surface area (Å²) in [6.07, 6.45) is 0. The molecule has 0 spiro atoms. The van der Waals surface area contributed by atoms with Gasteiger partial charge >= 0.3 is 0 Å². The van der Waals surface area contributed by atoms with Crippen LogP contribution >= 0.6 is 11.6 Å². The van der Waals surface area contributed by atoms with Crippen LogP contribution in [0.15, 0.2) is 57.9 Å². The average molecular weight is 454 g/mol. The molecule has 0 saturated carbocycles. The first-order valence-corrected chi connectivity index (χ1v) is 11.0. The third kappa shape index (κ3) is 4.39. The Labute approximate surface area is 177 Å². The molecule has 2 aromatic carbocycles. The normalized spacial score (nSPS) is 16.1. The van der Waals surface area contributed by atoms with Crippen LogP contribution in [0.1, 0.15) is 5.76 Å². The summed E-state index contributed by atoms with van der Waals surface area (Å²) >= 11 is 5.90. The topological polar surface area (TPSA) is 66.7 Å². The van der Waals surface area contributed by atoms with Crippen LogP contribution in [0.5, 0.6) is 0 Å². The van der Waals surface area contributed by atoms with Crippen molar-refractivity contribution in [2.24, 2.45) is 0 Å². The highest BCUT2D eigenvalue weighted by Gasteiger charge is 2.31. The summed E-state index contributed by atoms with van der Waals surface area (Å²) < 4.78 is 59.0. The third-order valence-corrected chi connectivity index (χ3v) is 7.11. The fraction of sp³-hybridized carbons (Fsp3) is 0.250. The predicted molar refractivity (Wildman–Crippen MR) is 107 cm³/mol. The Morgan fingerprint density at radius 1 is 1.00 bits per heavy atom. The second kappa shape index (κ2) is 8.43. The molecule has 3 aromatic rings. The van der Waals surface area contributed by atoms with E-state index in [1.54, 1.807) is 12.1 Å². The Balaban J connectivity index is 1.38. The number of hydrogen-bond donors (Lipinski definition) is 0. The molecule has 0 amide bonds. The third-order valence-electron chi connectivity index (χ3n) is 4.92. The number of benzene rings is 2. The van der Waals surface area contributed by atoms with Gasteiger partial charge in [0.1, 0.15) is 22.2 Å². The van der Waals surface area contributed by atoms with Crippen molar-refractivity contribution in [2.75, 3.05) is 26.2 Å². The van der Waals surface area contributed by atoms with E-state index in [9.17, 15) is 17.2 Å². The van der Waals surface area contributed by atoms with Crippen LogP contribution in [0.3, 0.4) is 0 Å². The van der Waals surface area contributed by atoms with E-state index in [4.69, 9.17) is 16.1 Å². The molecule has 1 aliphatic heterocycles. The molecule has 158 valence electrons. The molecule has 0 aliphatic carbocycles. The molecular weight excluding hydrogens is 436 g/mol. The summed E-state index contributed by atoms with van der Waals surface area (Å²) in [7, 11) is -4.02. The minimum Gasteiger partial charge on any atom is -0.359 e. The first-order valence-electron chi connectivity index (χ1n) is 9.22. The number of rotatable bonds is 5. The highest BCUT2D eigenvalue weighted by molar-refractivity contribution is 7.89. The summed E-state index contributed by atoms with van der Waals surface area (Å²) in [4.78, 5) is 1.51. The van der Waals surface area contributed by atoms with Crippen LogP contribution in [0.2, 0.25) is 5.02 Å². The van der Waals surface area contributed by atoms with Gasteiger partial charge in [0.25, 0.3) is 0 Å². The molecule has 0 unspecified atom stereocenters. The Morgan fingerprint density at radius 2 is 1.70 bits per heavy atom. The minimum atomic E-state index is -4.02. The zero-order valence-electron chi connectivity index (χ0n) is 15.8. The van der Waals surface area contributed by atoms with Crippen molar-refractivity contribution in [2.45, 2.75) is 11.4 Å². The first kappa shape index (κ1) is 20.9. The van der Waals surface area contributed by atoms with E-state index in [-0.39, 0.29) is 13.1 Å². The van der Waals surface area contributed by atoms with E-state index in [0.29, 0.717) is 42.2 Å². The predicted octanol–water partition coefficient (Wildman–Crippen LogP) is 3.78. The highest BCUT2D eigenvalue weighted by Crippen LogP contribution is 2.24. The second-order valence-corrected chi connectivity index (χ2v) is 9.28. The van der Waals surface area contributed by atoms with Crippen molar-refractivity contribution >= 4 is 21.6 Å². The number of nitrogens with zero attached hydrogens (tertiary/aromatic N) is 3. The summed E-state index contributed by atoms with van der Waals surface area (Å²) in [5.74, 6) is -1.25. The zero-order chi connectivity index (χ0) is 21.3. The smallest absolute Gasteiger partial charge is 0.246 e. The van der Waals surface area contributed by atoms with Crippen molar-refractivity contribution in [3.8, 4) is 11.3 Å². The molecule has 6 nitrogen and oxygen atoms in total. The quantitative estimate of drug-likeness (QED) is 0.588. The maximum Gasteiger partial charge on any atom is 0.246 e. The Hall–Kier alpha value is -2.33. The maximum absolute atomic E-state index is 13.9. The monoisotopic (exact) mass is 453 g/mol. The number of halogens is 3. The van der Waals surface area contributed by atoms with Crippen LogP contribution in [-0.4, -0.2) is 49.0 Å². The molecule has 1 fully saturated rings.